The maximum Gasteiger partial charge on any atom is 0.387 e. The normalized spacial score (nSPS) is 14.0. The van der Waals surface area contributed by atoms with E-state index in [2.05, 4.69) is 37.4 Å². The highest BCUT2D eigenvalue weighted by molar-refractivity contribution is 14.0. The van der Waals surface area contributed by atoms with Crippen molar-refractivity contribution in [1.82, 2.24) is 10.6 Å². The molecule has 10 heteroatoms. The molecule has 0 saturated carbocycles. The number of nitrogens with one attached hydrogen (secondary N) is 2. The van der Waals surface area contributed by atoms with Crippen LogP contribution >= 0.6 is 24.0 Å². The first-order valence-electron chi connectivity index (χ1n) is 10.6. The number of ether oxygens (including phenoxy) is 3. The third-order valence-corrected chi connectivity index (χ3v) is 5.03. The minimum atomic E-state index is -2.91. The Balaban J connectivity index is 0.00000385. The number of guanidine groups is 1. The lowest BCUT2D eigenvalue weighted by atomic mass is 10.1. The van der Waals surface area contributed by atoms with Crippen LogP contribution in [0, 0.1) is 0 Å². The van der Waals surface area contributed by atoms with Crippen molar-refractivity contribution in [2.24, 2.45) is 4.99 Å². The molecule has 1 saturated heterocycles. The molecule has 0 aliphatic carbocycles. The van der Waals surface area contributed by atoms with Gasteiger partial charge in [-0.05, 0) is 36.8 Å². The van der Waals surface area contributed by atoms with E-state index in [9.17, 15) is 8.78 Å². The zero-order valence-electron chi connectivity index (χ0n) is 18.9. The Bertz CT molecular complexity index is 896. The molecule has 1 heterocycles. The molecule has 0 unspecified atom stereocenters. The van der Waals surface area contributed by atoms with E-state index in [4.69, 9.17) is 9.47 Å². The molecule has 1 aliphatic heterocycles. The molecule has 0 bridgehead atoms. The predicted octanol–water partition coefficient (Wildman–Crippen LogP) is 4.01. The molecule has 7 nitrogen and oxygen atoms in total. The van der Waals surface area contributed by atoms with Crippen molar-refractivity contribution in [3.8, 4) is 11.5 Å². The summed E-state index contributed by atoms with van der Waals surface area (Å²) in [7, 11) is 1.52. The van der Waals surface area contributed by atoms with Crippen LogP contribution in [-0.4, -0.2) is 52.5 Å². The van der Waals surface area contributed by atoms with Crippen molar-refractivity contribution < 1.29 is 23.0 Å². The molecule has 182 valence electrons. The standard InChI is InChI=1S/C23H30F2N4O3.HI/c1-3-26-23(28-16-18-14-19(30-2)8-9-21(18)32-22(24)25)27-15-17-6-4-5-7-20(17)29-10-12-31-13-11-29;/h4-9,14,22H,3,10-13,15-16H2,1-2H3,(H2,26,27,28);1H. The Morgan fingerprint density at radius 1 is 1.12 bits per heavy atom. The number of halogens is 3. The van der Waals surface area contributed by atoms with Gasteiger partial charge in [0, 0.05) is 37.4 Å². The second kappa shape index (κ2) is 14.0. The summed E-state index contributed by atoms with van der Waals surface area (Å²) in [5, 5.41) is 6.53. The summed E-state index contributed by atoms with van der Waals surface area (Å²) in [5.41, 5.74) is 2.82. The predicted molar refractivity (Wildman–Crippen MR) is 136 cm³/mol. The number of alkyl halides is 2. The number of nitrogens with zero attached hydrogens (tertiary/aromatic N) is 2. The number of aliphatic imine (C=N–C) groups is 1. The highest BCUT2D eigenvalue weighted by Gasteiger charge is 2.15. The van der Waals surface area contributed by atoms with Gasteiger partial charge in [0.1, 0.15) is 11.5 Å². The van der Waals surface area contributed by atoms with Gasteiger partial charge in [0.2, 0.25) is 0 Å². The summed E-state index contributed by atoms with van der Waals surface area (Å²) in [4.78, 5) is 6.88. The summed E-state index contributed by atoms with van der Waals surface area (Å²) in [6.07, 6.45) is 0. The largest absolute Gasteiger partial charge is 0.497 e. The fraction of sp³-hybridized carbons (Fsp3) is 0.435. The molecule has 1 aliphatic rings. The number of anilines is 1. The average molecular weight is 576 g/mol. The van der Waals surface area contributed by atoms with Gasteiger partial charge >= 0.3 is 6.61 Å². The Hall–Kier alpha value is -2.34. The lowest BCUT2D eigenvalue weighted by Gasteiger charge is -2.30. The van der Waals surface area contributed by atoms with Crippen molar-refractivity contribution in [2.75, 3.05) is 44.9 Å². The van der Waals surface area contributed by atoms with Crippen molar-refractivity contribution in [3.05, 3.63) is 53.6 Å². The van der Waals surface area contributed by atoms with Crippen LogP contribution in [0.15, 0.2) is 47.5 Å². The van der Waals surface area contributed by atoms with Gasteiger partial charge in [-0.2, -0.15) is 8.78 Å². The van der Waals surface area contributed by atoms with Gasteiger partial charge in [0.25, 0.3) is 0 Å². The van der Waals surface area contributed by atoms with Gasteiger partial charge in [0.15, 0.2) is 5.96 Å². The monoisotopic (exact) mass is 576 g/mol. The molecule has 2 aromatic carbocycles. The van der Waals surface area contributed by atoms with E-state index in [1.807, 2.05) is 19.1 Å². The van der Waals surface area contributed by atoms with E-state index in [0.717, 1.165) is 31.9 Å². The Morgan fingerprint density at radius 2 is 1.88 bits per heavy atom. The number of methoxy groups -OCH3 is 1. The molecule has 33 heavy (non-hydrogen) atoms. The highest BCUT2D eigenvalue weighted by Crippen LogP contribution is 2.26. The van der Waals surface area contributed by atoms with E-state index in [0.29, 0.717) is 30.4 Å². The molecule has 2 aromatic rings. The number of hydrogen-bond acceptors (Lipinski definition) is 5. The zero-order chi connectivity index (χ0) is 22.8. The molecule has 3 rings (SSSR count). The second-order valence-corrected chi connectivity index (χ2v) is 7.13. The number of hydrogen-bond donors (Lipinski definition) is 2. The second-order valence-electron chi connectivity index (χ2n) is 7.13. The number of morpholine rings is 1. The van der Waals surface area contributed by atoms with Gasteiger partial charge in [-0.3, -0.25) is 0 Å². The summed E-state index contributed by atoms with van der Waals surface area (Å²) in [6, 6.07) is 12.9. The van der Waals surface area contributed by atoms with Crippen LogP contribution in [0.3, 0.4) is 0 Å². The first-order chi connectivity index (χ1) is 15.6. The van der Waals surface area contributed by atoms with Gasteiger partial charge in [-0.1, -0.05) is 18.2 Å². The molecule has 0 atom stereocenters. The summed E-state index contributed by atoms with van der Waals surface area (Å²) < 4.78 is 40.9. The van der Waals surface area contributed by atoms with Gasteiger partial charge in [0.05, 0.1) is 26.9 Å². The topological polar surface area (TPSA) is 67.4 Å². The van der Waals surface area contributed by atoms with E-state index in [1.165, 1.54) is 18.9 Å². The highest BCUT2D eigenvalue weighted by atomic mass is 127. The van der Waals surface area contributed by atoms with E-state index in [1.54, 1.807) is 12.1 Å². The number of para-hydroxylation sites is 1. The quantitative estimate of drug-likeness (QED) is 0.267. The van der Waals surface area contributed by atoms with Gasteiger partial charge in [-0.15, -0.1) is 24.0 Å². The Morgan fingerprint density at radius 3 is 2.58 bits per heavy atom. The van der Waals surface area contributed by atoms with E-state index < -0.39 is 6.61 Å². The summed E-state index contributed by atoms with van der Waals surface area (Å²) >= 11 is 0. The number of rotatable bonds is 9. The molecular weight excluding hydrogens is 545 g/mol. The molecule has 0 amide bonds. The minimum absolute atomic E-state index is 0. The molecule has 0 spiro atoms. The Labute approximate surface area is 210 Å². The lowest BCUT2D eigenvalue weighted by molar-refractivity contribution is -0.0504. The fourth-order valence-corrected chi connectivity index (χ4v) is 3.48. The van der Waals surface area contributed by atoms with Gasteiger partial charge in [-0.25, -0.2) is 4.99 Å². The molecular formula is C23H31F2IN4O3. The molecule has 0 radical (unpaired) electrons. The maximum absolute atomic E-state index is 12.8. The van der Waals surface area contributed by atoms with Crippen LogP contribution in [0.25, 0.3) is 0 Å². The van der Waals surface area contributed by atoms with Crippen molar-refractivity contribution in [2.45, 2.75) is 26.6 Å². The third-order valence-electron chi connectivity index (χ3n) is 5.03. The zero-order valence-corrected chi connectivity index (χ0v) is 21.2. The van der Waals surface area contributed by atoms with Crippen molar-refractivity contribution in [1.29, 1.82) is 0 Å². The number of benzene rings is 2. The first-order valence-corrected chi connectivity index (χ1v) is 10.6. The van der Waals surface area contributed by atoms with Crippen molar-refractivity contribution in [3.63, 3.8) is 0 Å². The summed E-state index contributed by atoms with van der Waals surface area (Å²) in [6.45, 7) is 3.59. The van der Waals surface area contributed by atoms with Crippen molar-refractivity contribution >= 4 is 35.6 Å². The maximum atomic E-state index is 12.8. The summed E-state index contributed by atoms with van der Waals surface area (Å²) in [5.74, 6) is 1.21. The lowest BCUT2D eigenvalue weighted by Crippen LogP contribution is -2.39. The van der Waals surface area contributed by atoms with Crippen LogP contribution in [0.2, 0.25) is 0 Å². The molecule has 2 N–H and O–H groups in total. The fourth-order valence-electron chi connectivity index (χ4n) is 3.48. The Kier molecular flexibility index (Phi) is 11.4. The van der Waals surface area contributed by atoms with Gasteiger partial charge < -0.3 is 29.7 Å². The van der Waals surface area contributed by atoms with E-state index in [-0.39, 0.29) is 36.3 Å². The molecule has 0 aromatic heterocycles. The van der Waals surface area contributed by atoms with Crippen LogP contribution in [-0.2, 0) is 17.8 Å². The minimum Gasteiger partial charge on any atom is -0.497 e. The third kappa shape index (κ3) is 8.18. The van der Waals surface area contributed by atoms with Crippen LogP contribution in [0.4, 0.5) is 14.5 Å². The first kappa shape index (κ1) is 26.9. The van der Waals surface area contributed by atoms with Crippen LogP contribution < -0.4 is 25.0 Å². The van der Waals surface area contributed by atoms with Crippen LogP contribution in [0.1, 0.15) is 18.1 Å². The SMILES string of the molecule is CCNC(=NCc1cc(OC)ccc1OC(F)F)NCc1ccccc1N1CCOCC1.I. The smallest absolute Gasteiger partial charge is 0.387 e. The van der Waals surface area contributed by atoms with E-state index >= 15 is 0 Å². The average Bonchev–Trinajstić information content (AvgIpc) is 2.82. The van der Waals surface area contributed by atoms with Crippen LogP contribution in [0.5, 0.6) is 11.5 Å². The molecule has 1 fully saturated rings.